The molecular weight excluding hydrogens is 236 g/mol. The van der Waals surface area contributed by atoms with Crippen LogP contribution in [0.25, 0.3) is 0 Å². The van der Waals surface area contributed by atoms with E-state index in [2.05, 4.69) is 47.2 Å². The van der Waals surface area contributed by atoms with E-state index in [-0.39, 0.29) is 6.10 Å². The van der Waals surface area contributed by atoms with E-state index in [9.17, 15) is 5.11 Å². The number of aliphatic hydroxyl groups excluding tert-OH is 1. The number of nitrogens with zero attached hydrogens (tertiary/aromatic N) is 2. The average Bonchev–Trinajstić information content (AvgIpc) is 2.46. The van der Waals surface area contributed by atoms with Gasteiger partial charge in [0.25, 0.3) is 0 Å². The number of likely N-dealkylation sites (tertiary alicyclic amines) is 1. The van der Waals surface area contributed by atoms with Gasteiger partial charge in [-0.3, -0.25) is 0 Å². The molecule has 0 radical (unpaired) electrons. The van der Waals surface area contributed by atoms with Crippen molar-refractivity contribution in [1.82, 2.24) is 4.90 Å². The third kappa shape index (κ3) is 4.22. The average molecular weight is 262 g/mol. The van der Waals surface area contributed by atoms with Crippen molar-refractivity contribution in [2.45, 2.75) is 25.9 Å². The van der Waals surface area contributed by atoms with Gasteiger partial charge in [0.1, 0.15) is 0 Å². The molecule has 3 nitrogen and oxygen atoms in total. The molecule has 3 heteroatoms. The second-order valence-corrected chi connectivity index (χ2v) is 5.68. The first-order valence-corrected chi connectivity index (χ1v) is 7.33. The monoisotopic (exact) mass is 262 g/mol. The summed E-state index contributed by atoms with van der Waals surface area (Å²) in [7, 11) is 2.15. The van der Waals surface area contributed by atoms with E-state index < -0.39 is 0 Å². The van der Waals surface area contributed by atoms with Crippen LogP contribution in [-0.4, -0.2) is 49.3 Å². The van der Waals surface area contributed by atoms with Crippen LogP contribution in [0.3, 0.4) is 0 Å². The number of anilines is 1. The summed E-state index contributed by atoms with van der Waals surface area (Å²) in [5.41, 5.74) is 1.28. The Labute approximate surface area is 116 Å². The Morgan fingerprint density at radius 3 is 2.47 bits per heavy atom. The molecule has 1 aliphatic heterocycles. The largest absolute Gasteiger partial charge is 0.393 e. The van der Waals surface area contributed by atoms with Crippen molar-refractivity contribution in [2.75, 3.05) is 38.1 Å². The van der Waals surface area contributed by atoms with E-state index in [1.165, 1.54) is 5.69 Å². The summed E-state index contributed by atoms with van der Waals surface area (Å²) in [6, 6.07) is 10.5. The Hall–Kier alpha value is -1.06. The van der Waals surface area contributed by atoms with Crippen molar-refractivity contribution in [1.29, 1.82) is 0 Å². The second kappa shape index (κ2) is 6.92. The van der Waals surface area contributed by atoms with Crippen molar-refractivity contribution >= 4 is 5.69 Å². The topological polar surface area (TPSA) is 26.7 Å². The molecule has 0 saturated carbocycles. The van der Waals surface area contributed by atoms with Gasteiger partial charge in [0, 0.05) is 25.8 Å². The summed E-state index contributed by atoms with van der Waals surface area (Å²) in [6.07, 6.45) is 2.12. The highest BCUT2D eigenvalue weighted by atomic mass is 16.3. The lowest BCUT2D eigenvalue weighted by molar-refractivity contribution is 0.0728. The molecule has 1 atom stereocenters. The fraction of sp³-hybridized carbons (Fsp3) is 0.625. The van der Waals surface area contributed by atoms with E-state index >= 15 is 0 Å². The highest BCUT2D eigenvalue weighted by molar-refractivity contribution is 5.44. The number of para-hydroxylation sites is 1. The number of piperidine rings is 1. The Bertz CT molecular complexity index is 358. The minimum atomic E-state index is -0.144. The molecule has 1 N–H and O–H groups in total. The van der Waals surface area contributed by atoms with Gasteiger partial charge in [-0.25, -0.2) is 0 Å². The first kappa shape index (κ1) is 14.4. The number of benzene rings is 1. The zero-order chi connectivity index (χ0) is 13.7. The fourth-order valence-corrected chi connectivity index (χ4v) is 2.76. The third-order valence-corrected chi connectivity index (χ3v) is 4.26. The Morgan fingerprint density at radius 2 is 1.89 bits per heavy atom. The van der Waals surface area contributed by atoms with E-state index in [1.807, 2.05) is 6.92 Å². The Morgan fingerprint density at radius 1 is 1.26 bits per heavy atom. The molecule has 2 rings (SSSR count). The molecule has 0 aliphatic carbocycles. The summed E-state index contributed by atoms with van der Waals surface area (Å²) in [4.78, 5) is 4.82. The number of likely N-dealkylation sites (N-methyl/N-ethyl adjacent to an activating group) is 1. The van der Waals surface area contributed by atoms with Gasteiger partial charge in [-0.1, -0.05) is 18.2 Å². The minimum absolute atomic E-state index is 0.144. The molecule has 1 aromatic rings. The SMILES string of the molecule is C[C@H](O)C1CCN(CCN(C)c2ccccc2)CC1. The predicted molar refractivity (Wildman–Crippen MR) is 80.6 cm³/mol. The minimum Gasteiger partial charge on any atom is -0.393 e. The highest BCUT2D eigenvalue weighted by Crippen LogP contribution is 2.20. The van der Waals surface area contributed by atoms with Crippen LogP contribution >= 0.6 is 0 Å². The van der Waals surface area contributed by atoms with Crippen LogP contribution in [0.1, 0.15) is 19.8 Å². The molecule has 0 spiro atoms. The quantitative estimate of drug-likeness (QED) is 0.881. The molecular formula is C16H26N2O. The van der Waals surface area contributed by atoms with Crippen LogP contribution in [0.2, 0.25) is 0 Å². The first-order chi connectivity index (χ1) is 9.16. The van der Waals surface area contributed by atoms with E-state index in [1.54, 1.807) is 0 Å². The summed E-state index contributed by atoms with van der Waals surface area (Å²) in [5.74, 6) is 0.503. The molecule has 19 heavy (non-hydrogen) atoms. The molecule has 1 aromatic carbocycles. The van der Waals surface area contributed by atoms with Crippen molar-refractivity contribution < 1.29 is 5.11 Å². The molecule has 0 amide bonds. The number of rotatable bonds is 5. The molecule has 0 unspecified atom stereocenters. The van der Waals surface area contributed by atoms with Crippen molar-refractivity contribution in [3.05, 3.63) is 30.3 Å². The fourth-order valence-electron chi connectivity index (χ4n) is 2.76. The molecule has 0 bridgehead atoms. The molecule has 1 fully saturated rings. The van der Waals surface area contributed by atoms with Crippen LogP contribution in [0.5, 0.6) is 0 Å². The van der Waals surface area contributed by atoms with E-state index in [4.69, 9.17) is 0 Å². The van der Waals surface area contributed by atoms with Crippen molar-refractivity contribution in [2.24, 2.45) is 5.92 Å². The van der Waals surface area contributed by atoms with Gasteiger partial charge in [0.15, 0.2) is 0 Å². The number of hydrogen-bond acceptors (Lipinski definition) is 3. The van der Waals surface area contributed by atoms with Crippen LogP contribution in [0.15, 0.2) is 30.3 Å². The molecule has 106 valence electrons. The lowest BCUT2D eigenvalue weighted by Crippen LogP contribution is -2.40. The summed E-state index contributed by atoms with van der Waals surface area (Å²) in [6.45, 7) is 6.33. The maximum absolute atomic E-state index is 9.60. The standard InChI is InChI=1S/C16H26N2O/c1-14(19)15-8-10-18(11-9-15)13-12-17(2)16-6-4-3-5-7-16/h3-7,14-15,19H,8-13H2,1-2H3/t14-/m0/s1. The molecule has 1 aliphatic rings. The normalized spacial score (nSPS) is 19.3. The zero-order valence-electron chi connectivity index (χ0n) is 12.1. The number of hydrogen-bond donors (Lipinski definition) is 1. The van der Waals surface area contributed by atoms with Crippen LogP contribution in [0, 0.1) is 5.92 Å². The van der Waals surface area contributed by atoms with Crippen molar-refractivity contribution in [3.63, 3.8) is 0 Å². The van der Waals surface area contributed by atoms with Gasteiger partial charge in [-0.05, 0) is 50.9 Å². The van der Waals surface area contributed by atoms with Gasteiger partial charge in [-0.2, -0.15) is 0 Å². The van der Waals surface area contributed by atoms with Crippen LogP contribution in [-0.2, 0) is 0 Å². The molecule has 1 heterocycles. The lowest BCUT2D eigenvalue weighted by atomic mass is 9.92. The number of aliphatic hydroxyl groups is 1. The Balaban J connectivity index is 1.72. The Kier molecular flexibility index (Phi) is 5.23. The van der Waals surface area contributed by atoms with Gasteiger partial charge >= 0.3 is 0 Å². The summed E-state index contributed by atoms with van der Waals surface area (Å²) < 4.78 is 0. The van der Waals surface area contributed by atoms with E-state index in [0.717, 1.165) is 39.0 Å². The summed E-state index contributed by atoms with van der Waals surface area (Å²) >= 11 is 0. The lowest BCUT2D eigenvalue weighted by Gasteiger charge is -2.34. The highest BCUT2D eigenvalue weighted by Gasteiger charge is 2.22. The smallest absolute Gasteiger partial charge is 0.0541 e. The maximum Gasteiger partial charge on any atom is 0.0541 e. The van der Waals surface area contributed by atoms with E-state index in [0.29, 0.717) is 5.92 Å². The van der Waals surface area contributed by atoms with Gasteiger partial charge in [0.05, 0.1) is 6.10 Å². The van der Waals surface area contributed by atoms with Crippen molar-refractivity contribution in [3.8, 4) is 0 Å². The molecule has 0 aromatic heterocycles. The zero-order valence-corrected chi connectivity index (χ0v) is 12.1. The predicted octanol–water partition coefficient (Wildman–Crippen LogP) is 2.22. The van der Waals surface area contributed by atoms with Gasteiger partial charge in [-0.15, -0.1) is 0 Å². The summed E-state index contributed by atoms with van der Waals surface area (Å²) in [5, 5.41) is 9.60. The van der Waals surface area contributed by atoms with Gasteiger partial charge in [0.2, 0.25) is 0 Å². The van der Waals surface area contributed by atoms with Gasteiger partial charge < -0.3 is 14.9 Å². The van der Waals surface area contributed by atoms with Crippen LogP contribution < -0.4 is 4.90 Å². The molecule has 1 saturated heterocycles. The second-order valence-electron chi connectivity index (χ2n) is 5.68. The van der Waals surface area contributed by atoms with Crippen LogP contribution in [0.4, 0.5) is 5.69 Å². The maximum atomic E-state index is 9.60. The third-order valence-electron chi connectivity index (χ3n) is 4.26. The first-order valence-electron chi connectivity index (χ1n) is 7.33.